The molecule has 126 valence electrons. The van der Waals surface area contributed by atoms with Gasteiger partial charge < -0.3 is 10.2 Å². The van der Waals surface area contributed by atoms with E-state index in [1.807, 2.05) is 30.3 Å². The molecule has 25 heavy (non-hydrogen) atoms. The first-order chi connectivity index (χ1) is 12.1. The van der Waals surface area contributed by atoms with Crippen molar-refractivity contribution >= 4 is 34.2 Å². The molecule has 0 saturated carbocycles. The number of carbonyl (C=O) groups is 2. The number of nitrogens with one attached hydrogen (secondary N) is 1. The Hall–Kier alpha value is -2.91. The van der Waals surface area contributed by atoms with Crippen LogP contribution in [0.4, 0.5) is 5.00 Å². The Labute approximate surface area is 150 Å². The van der Waals surface area contributed by atoms with E-state index in [1.54, 1.807) is 17.9 Å². The van der Waals surface area contributed by atoms with Crippen LogP contribution in [0, 0.1) is 11.3 Å². The summed E-state index contributed by atoms with van der Waals surface area (Å²) in [6, 6.07) is 11.7. The monoisotopic (exact) mass is 351 g/mol. The third-order valence-electron chi connectivity index (χ3n) is 4.08. The van der Waals surface area contributed by atoms with Crippen LogP contribution in [0.1, 0.15) is 28.5 Å². The molecule has 2 aromatic rings. The number of fused-ring (bicyclic) bond motifs is 1. The standard InChI is InChI=1S/C19H17N3O2S/c1-13(23)22-10-9-15-16(11-20)19(25-17(15)12-22)21-18(24)8-7-14-5-3-2-4-6-14/h2-8H,9-10,12H2,1H3,(H,21,24)/b8-7+. The van der Waals surface area contributed by atoms with Gasteiger partial charge in [0.15, 0.2) is 0 Å². The lowest BCUT2D eigenvalue weighted by Crippen LogP contribution is -2.33. The molecule has 0 unspecified atom stereocenters. The topological polar surface area (TPSA) is 73.2 Å². The Morgan fingerprint density at radius 2 is 2.08 bits per heavy atom. The summed E-state index contributed by atoms with van der Waals surface area (Å²) in [5, 5.41) is 12.8. The Balaban J connectivity index is 1.77. The normalized spacial score (nSPS) is 13.4. The Bertz CT molecular complexity index is 878. The van der Waals surface area contributed by atoms with Gasteiger partial charge in [0.25, 0.3) is 0 Å². The number of thiophene rings is 1. The zero-order valence-electron chi connectivity index (χ0n) is 13.8. The molecule has 0 atom stereocenters. The van der Waals surface area contributed by atoms with Gasteiger partial charge in [0.1, 0.15) is 11.1 Å². The number of nitriles is 1. The van der Waals surface area contributed by atoms with Crippen LogP contribution >= 0.6 is 11.3 Å². The fourth-order valence-corrected chi connectivity index (χ4v) is 3.98. The van der Waals surface area contributed by atoms with Crippen LogP contribution in [0.3, 0.4) is 0 Å². The molecule has 6 heteroatoms. The molecule has 1 N–H and O–H groups in total. The summed E-state index contributed by atoms with van der Waals surface area (Å²) in [4.78, 5) is 26.5. The van der Waals surface area contributed by atoms with Gasteiger partial charge >= 0.3 is 0 Å². The minimum atomic E-state index is -0.276. The highest BCUT2D eigenvalue weighted by Gasteiger charge is 2.25. The van der Waals surface area contributed by atoms with Gasteiger partial charge in [-0.15, -0.1) is 11.3 Å². The van der Waals surface area contributed by atoms with E-state index in [4.69, 9.17) is 0 Å². The number of hydrogen-bond acceptors (Lipinski definition) is 4. The van der Waals surface area contributed by atoms with Gasteiger partial charge in [0, 0.05) is 24.4 Å². The summed E-state index contributed by atoms with van der Waals surface area (Å²) >= 11 is 1.38. The van der Waals surface area contributed by atoms with E-state index in [1.165, 1.54) is 17.4 Å². The van der Waals surface area contributed by atoms with Crippen LogP contribution in [-0.4, -0.2) is 23.3 Å². The van der Waals surface area contributed by atoms with Gasteiger partial charge in [-0.3, -0.25) is 9.59 Å². The van der Waals surface area contributed by atoms with Gasteiger partial charge in [-0.2, -0.15) is 5.26 Å². The molecule has 0 aliphatic carbocycles. The summed E-state index contributed by atoms with van der Waals surface area (Å²) < 4.78 is 0. The molecule has 3 rings (SSSR count). The van der Waals surface area contributed by atoms with E-state index in [0.717, 1.165) is 16.0 Å². The van der Waals surface area contributed by atoms with Crippen LogP contribution in [0.2, 0.25) is 0 Å². The van der Waals surface area contributed by atoms with E-state index in [2.05, 4.69) is 11.4 Å². The van der Waals surface area contributed by atoms with Gasteiger partial charge in [0.2, 0.25) is 11.8 Å². The molecular formula is C19H17N3O2S. The van der Waals surface area contributed by atoms with Crippen LogP contribution in [-0.2, 0) is 22.6 Å². The van der Waals surface area contributed by atoms with Gasteiger partial charge in [-0.25, -0.2) is 0 Å². The summed E-state index contributed by atoms with van der Waals surface area (Å²) in [5.41, 5.74) is 2.40. The number of anilines is 1. The maximum atomic E-state index is 12.2. The molecule has 1 aromatic heterocycles. The average Bonchev–Trinajstić information content (AvgIpc) is 2.96. The quantitative estimate of drug-likeness (QED) is 0.863. The maximum absolute atomic E-state index is 12.2. The van der Waals surface area contributed by atoms with Crippen molar-refractivity contribution in [3.8, 4) is 6.07 Å². The average molecular weight is 351 g/mol. The third-order valence-corrected chi connectivity index (χ3v) is 5.21. The molecule has 1 aromatic carbocycles. The van der Waals surface area contributed by atoms with Crippen molar-refractivity contribution in [2.24, 2.45) is 0 Å². The van der Waals surface area contributed by atoms with Crippen molar-refractivity contribution in [3.63, 3.8) is 0 Å². The fraction of sp³-hybridized carbons (Fsp3) is 0.211. The smallest absolute Gasteiger partial charge is 0.249 e. The molecule has 1 aliphatic heterocycles. The second-order valence-electron chi connectivity index (χ2n) is 5.74. The van der Waals surface area contributed by atoms with Gasteiger partial charge in [-0.05, 0) is 23.6 Å². The van der Waals surface area contributed by atoms with E-state index >= 15 is 0 Å². The first-order valence-electron chi connectivity index (χ1n) is 7.92. The molecule has 0 radical (unpaired) electrons. The van der Waals surface area contributed by atoms with Crippen molar-refractivity contribution in [2.75, 3.05) is 11.9 Å². The number of rotatable bonds is 3. The molecule has 0 bridgehead atoms. The first kappa shape index (κ1) is 16.9. The van der Waals surface area contributed by atoms with Crippen molar-refractivity contribution in [2.45, 2.75) is 19.9 Å². The number of nitrogens with zero attached hydrogens (tertiary/aromatic N) is 2. The summed E-state index contributed by atoms with van der Waals surface area (Å²) in [6.07, 6.45) is 3.83. The lowest BCUT2D eigenvalue weighted by atomic mass is 10.0. The Morgan fingerprint density at radius 1 is 1.32 bits per heavy atom. The zero-order chi connectivity index (χ0) is 17.8. The predicted octanol–water partition coefficient (Wildman–Crippen LogP) is 3.18. The number of carbonyl (C=O) groups excluding carboxylic acids is 2. The molecule has 2 amide bonds. The van der Waals surface area contributed by atoms with Gasteiger partial charge in [0.05, 0.1) is 12.1 Å². The summed E-state index contributed by atoms with van der Waals surface area (Å²) in [6.45, 7) is 2.65. The number of hydrogen-bond donors (Lipinski definition) is 1. The molecule has 0 fully saturated rings. The van der Waals surface area contributed by atoms with E-state index < -0.39 is 0 Å². The summed E-state index contributed by atoms with van der Waals surface area (Å²) in [5.74, 6) is -0.253. The molecule has 0 saturated heterocycles. The third kappa shape index (κ3) is 3.78. The fourth-order valence-electron chi connectivity index (χ4n) is 2.77. The van der Waals surface area contributed by atoms with Crippen LogP contribution in [0.25, 0.3) is 6.08 Å². The first-order valence-corrected chi connectivity index (χ1v) is 8.74. The van der Waals surface area contributed by atoms with Crippen LogP contribution < -0.4 is 5.32 Å². The highest BCUT2D eigenvalue weighted by atomic mass is 32.1. The SMILES string of the molecule is CC(=O)N1CCc2c(sc(NC(=O)/C=C/c3ccccc3)c2C#N)C1. The van der Waals surface area contributed by atoms with Crippen molar-refractivity contribution < 1.29 is 9.59 Å². The molecule has 1 aliphatic rings. The maximum Gasteiger partial charge on any atom is 0.249 e. The number of amides is 2. The van der Waals surface area contributed by atoms with Crippen LogP contribution in [0.15, 0.2) is 36.4 Å². The Morgan fingerprint density at radius 3 is 2.76 bits per heavy atom. The highest BCUT2D eigenvalue weighted by Crippen LogP contribution is 2.36. The van der Waals surface area contributed by atoms with Crippen LogP contribution in [0.5, 0.6) is 0 Å². The van der Waals surface area contributed by atoms with Crippen molar-refractivity contribution in [1.29, 1.82) is 5.26 Å². The molecule has 2 heterocycles. The van der Waals surface area contributed by atoms with Gasteiger partial charge in [-0.1, -0.05) is 30.3 Å². The summed E-state index contributed by atoms with van der Waals surface area (Å²) in [7, 11) is 0. The van der Waals surface area contributed by atoms with Crippen molar-refractivity contribution in [1.82, 2.24) is 4.90 Å². The molecular weight excluding hydrogens is 334 g/mol. The lowest BCUT2D eigenvalue weighted by molar-refractivity contribution is -0.129. The predicted molar refractivity (Wildman–Crippen MR) is 97.9 cm³/mol. The minimum absolute atomic E-state index is 0.0222. The van der Waals surface area contributed by atoms with E-state index in [0.29, 0.717) is 30.1 Å². The lowest BCUT2D eigenvalue weighted by Gasteiger charge is -2.25. The second-order valence-corrected chi connectivity index (χ2v) is 6.85. The van der Waals surface area contributed by atoms with Crippen molar-refractivity contribution in [3.05, 3.63) is 58.0 Å². The van der Waals surface area contributed by atoms with E-state index in [-0.39, 0.29) is 11.8 Å². The molecule has 5 nitrogen and oxygen atoms in total. The second kappa shape index (κ2) is 7.32. The zero-order valence-corrected chi connectivity index (χ0v) is 14.6. The largest absolute Gasteiger partial charge is 0.337 e. The van der Waals surface area contributed by atoms with E-state index in [9.17, 15) is 14.9 Å². The Kier molecular flexibility index (Phi) is 4.96. The highest BCUT2D eigenvalue weighted by molar-refractivity contribution is 7.16. The number of benzene rings is 1. The molecule has 0 spiro atoms. The minimum Gasteiger partial charge on any atom is -0.337 e.